The number of hydrogen-bond donors (Lipinski definition) is 3. The van der Waals surface area contributed by atoms with E-state index in [-0.39, 0.29) is 49.5 Å². The van der Waals surface area contributed by atoms with Crippen molar-refractivity contribution < 1.29 is 19.5 Å². The Hall–Kier alpha value is -2.90. The molecule has 4 bridgehead atoms. The third kappa shape index (κ3) is 6.47. The van der Waals surface area contributed by atoms with Crippen molar-refractivity contribution >= 4 is 29.1 Å². The Morgan fingerprint density at radius 1 is 1.13 bits per heavy atom. The Kier molecular flexibility index (Phi) is 8.29. The van der Waals surface area contributed by atoms with Crippen molar-refractivity contribution in [2.45, 2.75) is 75.9 Å². The number of rotatable bonds is 4. The van der Waals surface area contributed by atoms with Crippen LogP contribution in [-0.4, -0.2) is 104 Å². The number of thiazole rings is 1. The van der Waals surface area contributed by atoms with E-state index < -0.39 is 11.6 Å². The molecule has 3 N–H and O–H groups in total. The van der Waals surface area contributed by atoms with Crippen LogP contribution in [0, 0.1) is 6.92 Å². The van der Waals surface area contributed by atoms with Crippen LogP contribution in [-0.2, 0) is 33.8 Å². The normalized spacial score (nSPS) is 23.3. The van der Waals surface area contributed by atoms with Crippen molar-refractivity contribution in [3.8, 4) is 0 Å². The largest absolute Gasteiger partial charge is 0.394 e. The monoisotopic (exact) mass is 558 g/mol. The SMILES string of the molecule is Cc1sc2nc1CC(=O)NC1(CCN(C)CC1)CC(=O)N[C@H](Cc1cn(CCO)nn1)C(=O)N1CCC2CC1. The van der Waals surface area contributed by atoms with E-state index >= 15 is 0 Å². The number of piperidine rings is 2. The van der Waals surface area contributed by atoms with Gasteiger partial charge < -0.3 is 25.5 Å². The van der Waals surface area contributed by atoms with Crippen LogP contribution in [0.2, 0.25) is 0 Å². The molecule has 6 rings (SSSR count). The Labute approximate surface area is 232 Å². The summed E-state index contributed by atoms with van der Waals surface area (Å²) in [4.78, 5) is 50.5. The highest BCUT2D eigenvalue weighted by Gasteiger charge is 2.39. The molecule has 1 atom stereocenters. The van der Waals surface area contributed by atoms with Gasteiger partial charge in [-0.15, -0.1) is 16.4 Å². The molecule has 0 aliphatic carbocycles. The molecule has 13 heteroatoms. The molecule has 4 aliphatic rings. The first-order valence-electron chi connectivity index (χ1n) is 13.8. The van der Waals surface area contributed by atoms with E-state index in [0.717, 1.165) is 41.5 Å². The highest BCUT2D eigenvalue weighted by atomic mass is 32.1. The minimum absolute atomic E-state index is 0.0695. The fourth-order valence-corrected chi connectivity index (χ4v) is 6.95. The van der Waals surface area contributed by atoms with Crippen molar-refractivity contribution in [1.29, 1.82) is 0 Å². The summed E-state index contributed by atoms with van der Waals surface area (Å²) in [5.41, 5.74) is 0.689. The molecule has 3 amide bonds. The van der Waals surface area contributed by atoms with Crippen LogP contribution < -0.4 is 10.6 Å². The molecule has 0 radical (unpaired) electrons. The van der Waals surface area contributed by atoms with Crippen molar-refractivity contribution in [2.75, 3.05) is 39.8 Å². The Bertz CT molecular complexity index is 1200. The molecule has 212 valence electrons. The fourth-order valence-electron chi connectivity index (χ4n) is 5.85. The second-order valence-corrected chi connectivity index (χ2v) is 12.4. The first-order chi connectivity index (χ1) is 18.7. The number of aliphatic hydroxyl groups is 1. The van der Waals surface area contributed by atoms with Crippen molar-refractivity contribution in [1.82, 2.24) is 40.4 Å². The standard InChI is InChI=1S/C26H38N8O4S/c1-17-20-14-22(36)29-26(5-9-32(2)10-6-26)15-23(37)27-21(13-19-16-34(11-12-35)31-30-19)25(38)33-7-3-18(4-8-33)24(28-20)39-17/h16,18,21,35H,3-15H2,1-2H3,(H,27,37)(H,29,36)/t21-/m1/s1. The zero-order chi connectivity index (χ0) is 27.6. The molecule has 4 aliphatic heterocycles. The summed E-state index contributed by atoms with van der Waals surface area (Å²) in [5.74, 6) is -0.283. The quantitative estimate of drug-likeness (QED) is 0.475. The zero-order valence-corrected chi connectivity index (χ0v) is 23.5. The number of aliphatic hydroxyl groups excluding tert-OH is 1. The van der Waals surface area contributed by atoms with Gasteiger partial charge in [0, 0.05) is 56.0 Å². The van der Waals surface area contributed by atoms with Crippen LogP contribution in [0.15, 0.2) is 6.20 Å². The van der Waals surface area contributed by atoms with Gasteiger partial charge in [0.25, 0.3) is 0 Å². The maximum absolute atomic E-state index is 13.7. The number of hydrogen-bond acceptors (Lipinski definition) is 9. The van der Waals surface area contributed by atoms with Crippen LogP contribution >= 0.6 is 11.3 Å². The van der Waals surface area contributed by atoms with Crippen LogP contribution in [0.1, 0.15) is 59.3 Å². The van der Waals surface area contributed by atoms with Gasteiger partial charge in [0.05, 0.1) is 41.5 Å². The number of nitrogens with one attached hydrogen (secondary N) is 2. The van der Waals surface area contributed by atoms with Gasteiger partial charge in [-0.3, -0.25) is 14.4 Å². The van der Waals surface area contributed by atoms with Crippen molar-refractivity contribution in [3.63, 3.8) is 0 Å². The van der Waals surface area contributed by atoms with E-state index in [9.17, 15) is 19.5 Å². The lowest BCUT2D eigenvalue weighted by atomic mass is 9.83. The van der Waals surface area contributed by atoms with E-state index in [1.54, 1.807) is 17.5 Å². The summed E-state index contributed by atoms with van der Waals surface area (Å²) in [6.45, 7) is 4.94. The minimum atomic E-state index is -0.797. The smallest absolute Gasteiger partial charge is 0.245 e. The lowest BCUT2D eigenvalue weighted by Gasteiger charge is -2.41. The summed E-state index contributed by atoms with van der Waals surface area (Å²) in [7, 11) is 2.03. The molecule has 2 saturated heterocycles. The number of likely N-dealkylation sites (tertiary alicyclic amines) is 1. The van der Waals surface area contributed by atoms with Crippen LogP contribution in [0.5, 0.6) is 0 Å². The third-order valence-electron chi connectivity index (χ3n) is 8.20. The molecule has 1 spiro atoms. The zero-order valence-electron chi connectivity index (χ0n) is 22.7. The van der Waals surface area contributed by atoms with E-state index in [4.69, 9.17) is 4.98 Å². The predicted molar refractivity (Wildman–Crippen MR) is 144 cm³/mol. The second-order valence-electron chi connectivity index (χ2n) is 11.2. The van der Waals surface area contributed by atoms with Crippen LogP contribution in [0.25, 0.3) is 0 Å². The predicted octanol–water partition coefficient (Wildman–Crippen LogP) is -0.00438. The van der Waals surface area contributed by atoms with Gasteiger partial charge in [-0.05, 0) is 39.7 Å². The molecule has 2 fully saturated rings. The summed E-state index contributed by atoms with van der Waals surface area (Å²) >= 11 is 1.65. The number of nitrogens with zero attached hydrogens (tertiary/aromatic N) is 6. The highest BCUT2D eigenvalue weighted by molar-refractivity contribution is 7.11. The molecule has 0 aromatic carbocycles. The Morgan fingerprint density at radius 2 is 1.87 bits per heavy atom. The molecular weight excluding hydrogens is 520 g/mol. The molecule has 2 aromatic heterocycles. The fraction of sp³-hybridized carbons (Fsp3) is 0.692. The van der Waals surface area contributed by atoms with E-state index in [2.05, 4.69) is 25.8 Å². The van der Waals surface area contributed by atoms with Gasteiger partial charge in [-0.25, -0.2) is 9.67 Å². The molecule has 2 aromatic rings. The molecule has 6 heterocycles. The van der Waals surface area contributed by atoms with Gasteiger partial charge in [0.15, 0.2) is 0 Å². The summed E-state index contributed by atoms with van der Waals surface area (Å²) in [6.07, 6.45) is 5.05. The van der Waals surface area contributed by atoms with Crippen molar-refractivity contribution in [2.24, 2.45) is 0 Å². The molecule has 0 unspecified atom stereocenters. The van der Waals surface area contributed by atoms with Crippen LogP contribution in [0.3, 0.4) is 0 Å². The van der Waals surface area contributed by atoms with Gasteiger partial charge in [0.2, 0.25) is 17.7 Å². The van der Waals surface area contributed by atoms with E-state index in [1.807, 2.05) is 18.9 Å². The summed E-state index contributed by atoms with van der Waals surface area (Å²) in [6, 6.07) is -0.797. The number of fused-ring (bicyclic) bond motifs is 8. The van der Waals surface area contributed by atoms with Gasteiger partial charge >= 0.3 is 0 Å². The average Bonchev–Trinajstić information content (AvgIpc) is 3.50. The maximum Gasteiger partial charge on any atom is 0.245 e. The average molecular weight is 559 g/mol. The number of carbonyl (C=O) groups excluding carboxylic acids is 3. The number of amides is 3. The molecule has 12 nitrogen and oxygen atoms in total. The lowest BCUT2D eigenvalue weighted by Crippen LogP contribution is -2.58. The topological polar surface area (TPSA) is 146 Å². The maximum atomic E-state index is 13.7. The Balaban J connectivity index is 1.43. The van der Waals surface area contributed by atoms with Crippen molar-refractivity contribution in [3.05, 3.63) is 27.5 Å². The van der Waals surface area contributed by atoms with Gasteiger partial charge in [0.1, 0.15) is 6.04 Å². The van der Waals surface area contributed by atoms with E-state index in [1.165, 1.54) is 4.68 Å². The number of aromatic nitrogens is 4. The van der Waals surface area contributed by atoms with Gasteiger partial charge in [-0.2, -0.15) is 0 Å². The number of aryl methyl sites for hydroxylation is 1. The second kappa shape index (κ2) is 11.7. The first-order valence-corrected chi connectivity index (χ1v) is 14.6. The molecule has 0 saturated carbocycles. The van der Waals surface area contributed by atoms with Gasteiger partial charge in [-0.1, -0.05) is 5.21 Å². The van der Waals surface area contributed by atoms with Crippen LogP contribution in [0.4, 0.5) is 0 Å². The highest BCUT2D eigenvalue weighted by Crippen LogP contribution is 2.33. The lowest BCUT2D eigenvalue weighted by molar-refractivity contribution is -0.138. The molecule has 39 heavy (non-hydrogen) atoms. The molecular formula is C26H38N8O4S. The Morgan fingerprint density at radius 3 is 2.59 bits per heavy atom. The number of carbonyl (C=O) groups is 3. The van der Waals surface area contributed by atoms with E-state index in [0.29, 0.717) is 38.2 Å². The third-order valence-corrected chi connectivity index (χ3v) is 9.38. The first kappa shape index (κ1) is 27.7. The summed E-state index contributed by atoms with van der Waals surface area (Å²) < 4.78 is 1.52. The minimum Gasteiger partial charge on any atom is -0.394 e. The summed E-state index contributed by atoms with van der Waals surface area (Å²) in [5, 5.41) is 24.6.